The molecule has 0 bridgehead atoms. The lowest BCUT2D eigenvalue weighted by molar-refractivity contribution is -0.132. The molecular weight excluding hydrogens is 389 g/mol. The number of carbonyl (C=O) groups is 1. The van der Waals surface area contributed by atoms with Crippen molar-refractivity contribution in [2.24, 2.45) is 5.73 Å². The number of nitrogens with one attached hydrogen (secondary N) is 1. The van der Waals surface area contributed by atoms with E-state index >= 15 is 0 Å². The van der Waals surface area contributed by atoms with Gasteiger partial charge in [-0.05, 0) is 56.5 Å². The molecular formula is C19H31Cl2N3O3. The summed E-state index contributed by atoms with van der Waals surface area (Å²) in [6.07, 6.45) is 3.88. The van der Waals surface area contributed by atoms with Crippen molar-refractivity contribution in [2.75, 3.05) is 32.8 Å². The van der Waals surface area contributed by atoms with E-state index in [2.05, 4.69) is 10.2 Å². The number of ether oxygens (including phenoxy) is 2. The Balaban J connectivity index is 0.00000182. The van der Waals surface area contributed by atoms with Crippen LogP contribution in [0.1, 0.15) is 31.2 Å². The molecule has 0 unspecified atom stereocenters. The number of halogens is 2. The van der Waals surface area contributed by atoms with Gasteiger partial charge >= 0.3 is 0 Å². The first-order chi connectivity index (χ1) is 12.2. The molecule has 2 saturated heterocycles. The van der Waals surface area contributed by atoms with E-state index in [1.54, 1.807) is 0 Å². The van der Waals surface area contributed by atoms with Crippen LogP contribution in [0.2, 0.25) is 0 Å². The number of benzene rings is 1. The Morgan fingerprint density at radius 3 is 2.52 bits per heavy atom. The summed E-state index contributed by atoms with van der Waals surface area (Å²) in [5, 5.41) is 2.93. The Kier molecular flexibility index (Phi) is 11.0. The summed E-state index contributed by atoms with van der Waals surface area (Å²) >= 11 is 0. The third-order valence-electron chi connectivity index (χ3n) is 4.93. The highest BCUT2D eigenvalue weighted by Gasteiger charge is 2.29. The van der Waals surface area contributed by atoms with E-state index in [4.69, 9.17) is 15.2 Å². The van der Waals surface area contributed by atoms with Crippen molar-refractivity contribution in [3.05, 3.63) is 29.8 Å². The van der Waals surface area contributed by atoms with Gasteiger partial charge in [0.1, 0.15) is 18.5 Å². The molecule has 0 spiro atoms. The fourth-order valence-corrected chi connectivity index (χ4v) is 3.38. The smallest absolute Gasteiger partial charge is 0.249 e. The molecule has 2 aliphatic rings. The molecule has 1 amide bonds. The Morgan fingerprint density at radius 1 is 1.19 bits per heavy atom. The van der Waals surface area contributed by atoms with E-state index < -0.39 is 0 Å². The Hall–Kier alpha value is -1.05. The van der Waals surface area contributed by atoms with E-state index in [-0.39, 0.29) is 42.9 Å². The van der Waals surface area contributed by atoms with Gasteiger partial charge < -0.3 is 20.5 Å². The number of rotatable bonds is 8. The maximum Gasteiger partial charge on any atom is 0.249 e. The summed E-state index contributed by atoms with van der Waals surface area (Å²) in [6.45, 7) is 5.07. The molecule has 3 N–H and O–H groups in total. The van der Waals surface area contributed by atoms with Gasteiger partial charge in [0.15, 0.2) is 0 Å². The van der Waals surface area contributed by atoms with Crippen molar-refractivity contribution in [3.8, 4) is 5.75 Å². The maximum absolute atomic E-state index is 12.1. The van der Waals surface area contributed by atoms with E-state index in [9.17, 15) is 4.79 Å². The SMILES string of the molecule is Cl.Cl.NC[C@H]1CC[C@@H](C(=O)NCc2ccc(OCCN3CCCC3)cc2)O1. The molecule has 2 fully saturated rings. The molecule has 3 rings (SSSR count). The van der Waals surface area contributed by atoms with Gasteiger partial charge in [0.05, 0.1) is 6.10 Å². The van der Waals surface area contributed by atoms with Gasteiger partial charge in [-0.3, -0.25) is 9.69 Å². The van der Waals surface area contributed by atoms with Gasteiger partial charge in [-0.15, -0.1) is 24.8 Å². The van der Waals surface area contributed by atoms with Gasteiger partial charge in [0.2, 0.25) is 5.91 Å². The standard InChI is InChI=1S/C19H29N3O3.2ClH/c20-13-17-7-8-18(25-17)19(23)21-14-15-3-5-16(6-4-15)24-12-11-22-9-1-2-10-22;;/h3-6,17-18H,1-2,7-14,20H2,(H,21,23);2*1H/t17-,18+;;/m1../s1. The third-order valence-corrected chi connectivity index (χ3v) is 4.93. The third kappa shape index (κ3) is 7.47. The molecule has 0 aliphatic carbocycles. The number of hydrogen-bond donors (Lipinski definition) is 2. The van der Waals surface area contributed by atoms with Crippen molar-refractivity contribution in [1.29, 1.82) is 0 Å². The first kappa shape index (κ1) is 24.0. The van der Waals surface area contributed by atoms with E-state index in [0.29, 0.717) is 13.1 Å². The normalized spacial score (nSPS) is 22.0. The average molecular weight is 420 g/mol. The number of hydrogen-bond acceptors (Lipinski definition) is 5. The summed E-state index contributed by atoms with van der Waals surface area (Å²) < 4.78 is 11.4. The van der Waals surface area contributed by atoms with Crippen LogP contribution in [0.5, 0.6) is 5.75 Å². The van der Waals surface area contributed by atoms with Crippen molar-refractivity contribution in [1.82, 2.24) is 10.2 Å². The topological polar surface area (TPSA) is 76.8 Å². The van der Waals surface area contributed by atoms with Gasteiger partial charge in [-0.25, -0.2) is 0 Å². The van der Waals surface area contributed by atoms with E-state index in [1.807, 2.05) is 24.3 Å². The first-order valence-corrected chi connectivity index (χ1v) is 9.32. The summed E-state index contributed by atoms with van der Waals surface area (Å²) in [6, 6.07) is 7.90. The Bertz CT molecular complexity index is 554. The molecule has 1 aromatic rings. The lowest BCUT2D eigenvalue weighted by atomic mass is 10.1. The van der Waals surface area contributed by atoms with Gasteiger partial charge in [0.25, 0.3) is 0 Å². The molecule has 2 heterocycles. The lowest BCUT2D eigenvalue weighted by Crippen LogP contribution is -2.35. The summed E-state index contributed by atoms with van der Waals surface area (Å²) in [4.78, 5) is 14.5. The van der Waals surface area contributed by atoms with Crippen LogP contribution in [0.4, 0.5) is 0 Å². The number of nitrogens with two attached hydrogens (primary N) is 1. The van der Waals surface area contributed by atoms with Gasteiger partial charge in [-0.1, -0.05) is 12.1 Å². The Labute approximate surface area is 174 Å². The minimum atomic E-state index is -0.359. The molecule has 6 nitrogen and oxygen atoms in total. The van der Waals surface area contributed by atoms with Crippen LogP contribution in [0, 0.1) is 0 Å². The molecule has 2 atom stereocenters. The zero-order valence-corrected chi connectivity index (χ0v) is 17.2. The average Bonchev–Trinajstić information content (AvgIpc) is 3.32. The molecule has 1 aromatic carbocycles. The summed E-state index contributed by atoms with van der Waals surface area (Å²) in [5.74, 6) is 0.820. The van der Waals surface area contributed by atoms with Gasteiger partial charge in [-0.2, -0.15) is 0 Å². The fraction of sp³-hybridized carbons (Fsp3) is 0.632. The van der Waals surface area contributed by atoms with Crippen molar-refractivity contribution >= 4 is 30.7 Å². The highest BCUT2D eigenvalue weighted by molar-refractivity contribution is 5.85. The molecule has 2 aliphatic heterocycles. The maximum atomic E-state index is 12.1. The van der Waals surface area contributed by atoms with Crippen molar-refractivity contribution in [3.63, 3.8) is 0 Å². The molecule has 0 aromatic heterocycles. The first-order valence-electron chi connectivity index (χ1n) is 9.32. The zero-order valence-electron chi connectivity index (χ0n) is 15.6. The van der Waals surface area contributed by atoms with Crippen LogP contribution in [0.15, 0.2) is 24.3 Å². The zero-order chi connectivity index (χ0) is 17.5. The van der Waals surface area contributed by atoms with Crippen LogP contribution < -0.4 is 15.8 Å². The predicted octanol–water partition coefficient (Wildman–Crippen LogP) is 2.13. The number of likely N-dealkylation sites (tertiary alicyclic amines) is 1. The summed E-state index contributed by atoms with van der Waals surface area (Å²) in [5.41, 5.74) is 6.62. The number of carbonyl (C=O) groups excluding carboxylic acids is 1. The van der Waals surface area contributed by atoms with Crippen LogP contribution >= 0.6 is 24.8 Å². The molecule has 0 radical (unpaired) electrons. The predicted molar refractivity (Wildman–Crippen MR) is 111 cm³/mol. The largest absolute Gasteiger partial charge is 0.492 e. The molecule has 8 heteroatoms. The summed E-state index contributed by atoms with van der Waals surface area (Å²) in [7, 11) is 0. The lowest BCUT2D eigenvalue weighted by Gasteiger charge is -2.15. The van der Waals surface area contributed by atoms with Crippen LogP contribution in [-0.4, -0.2) is 55.8 Å². The van der Waals surface area contributed by atoms with E-state index in [1.165, 1.54) is 25.9 Å². The number of nitrogens with zero attached hydrogens (tertiary/aromatic N) is 1. The van der Waals surface area contributed by atoms with E-state index in [0.717, 1.165) is 37.3 Å². The van der Waals surface area contributed by atoms with Crippen LogP contribution in [-0.2, 0) is 16.1 Å². The minimum absolute atomic E-state index is 0. The minimum Gasteiger partial charge on any atom is -0.492 e. The van der Waals surface area contributed by atoms with Gasteiger partial charge in [0, 0.05) is 19.6 Å². The molecule has 154 valence electrons. The second kappa shape index (κ2) is 12.4. The quantitative estimate of drug-likeness (QED) is 0.674. The van der Waals surface area contributed by atoms with Crippen LogP contribution in [0.25, 0.3) is 0 Å². The highest BCUT2D eigenvalue weighted by Crippen LogP contribution is 2.19. The van der Waals surface area contributed by atoms with Crippen LogP contribution in [0.3, 0.4) is 0 Å². The second-order valence-corrected chi connectivity index (χ2v) is 6.82. The Morgan fingerprint density at radius 2 is 1.89 bits per heavy atom. The van der Waals surface area contributed by atoms with Crippen molar-refractivity contribution in [2.45, 2.75) is 44.4 Å². The van der Waals surface area contributed by atoms with Crippen molar-refractivity contribution < 1.29 is 14.3 Å². The highest BCUT2D eigenvalue weighted by atomic mass is 35.5. The molecule has 0 saturated carbocycles. The monoisotopic (exact) mass is 419 g/mol. The molecule has 27 heavy (non-hydrogen) atoms. The number of amides is 1. The fourth-order valence-electron chi connectivity index (χ4n) is 3.38. The second-order valence-electron chi connectivity index (χ2n) is 6.82.